The van der Waals surface area contributed by atoms with E-state index < -0.39 is 0 Å². The van der Waals surface area contributed by atoms with Gasteiger partial charge in [-0.2, -0.15) is 0 Å². The van der Waals surface area contributed by atoms with Crippen LogP contribution in [0.1, 0.15) is 11.1 Å². The summed E-state index contributed by atoms with van der Waals surface area (Å²) < 4.78 is 1.25. The van der Waals surface area contributed by atoms with Gasteiger partial charge in [-0.1, -0.05) is 29.8 Å². The van der Waals surface area contributed by atoms with Crippen LogP contribution in [0.3, 0.4) is 0 Å². The summed E-state index contributed by atoms with van der Waals surface area (Å²) in [6.07, 6.45) is 0. The van der Waals surface area contributed by atoms with Crippen molar-refractivity contribution in [1.82, 2.24) is 4.98 Å². The minimum atomic E-state index is 1.09. The van der Waals surface area contributed by atoms with Crippen LogP contribution in [0.4, 0.5) is 0 Å². The van der Waals surface area contributed by atoms with Crippen molar-refractivity contribution < 1.29 is 0 Å². The van der Waals surface area contributed by atoms with Crippen molar-refractivity contribution in [1.29, 1.82) is 0 Å². The van der Waals surface area contributed by atoms with Crippen LogP contribution in [0.25, 0.3) is 20.8 Å². The van der Waals surface area contributed by atoms with Gasteiger partial charge < -0.3 is 0 Å². The average molecular weight is 239 g/mol. The zero-order valence-corrected chi connectivity index (χ0v) is 10.7. The smallest absolute Gasteiger partial charge is 0.124 e. The lowest BCUT2D eigenvalue weighted by Crippen LogP contribution is -1.83. The van der Waals surface area contributed by atoms with Crippen LogP contribution in [0.2, 0.25) is 0 Å². The van der Waals surface area contributed by atoms with E-state index in [-0.39, 0.29) is 0 Å². The first-order chi connectivity index (χ1) is 8.24. The van der Waals surface area contributed by atoms with Gasteiger partial charge in [-0.3, -0.25) is 0 Å². The Morgan fingerprint density at radius 1 is 1.00 bits per heavy atom. The van der Waals surface area contributed by atoms with Gasteiger partial charge in [0.15, 0.2) is 0 Å². The van der Waals surface area contributed by atoms with E-state index in [1.165, 1.54) is 21.4 Å². The van der Waals surface area contributed by atoms with Gasteiger partial charge in [0, 0.05) is 5.56 Å². The minimum Gasteiger partial charge on any atom is -0.236 e. The van der Waals surface area contributed by atoms with Crippen LogP contribution in [0.15, 0.2) is 42.5 Å². The molecule has 0 radical (unpaired) electrons. The van der Waals surface area contributed by atoms with Crippen LogP contribution in [-0.4, -0.2) is 4.98 Å². The van der Waals surface area contributed by atoms with Crippen molar-refractivity contribution in [2.45, 2.75) is 13.8 Å². The predicted molar refractivity (Wildman–Crippen MR) is 74.5 cm³/mol. The molecule has 84 valence electrons. The first-order valence-electron chi connectivity index (χ1n) is 5.67. The second-order valence-electron chi connectivity index (χ2n) is 4.31. The van der Waals surface area contributed by atoms with Gasteiger partial charge in [0.25, 0.3) is 0 Å². The molecule has 2 aromatic carbocycles. The molecule has 3 rings (SSSR count). The van der Waals surface area contributed by atoms with E-state index in [0.29, 0.717) is 0 Å². The normalized spacial score (nSPS) is 10.9. The second kappa shape index (κ2) is 3.97. The van der Waals surface area contributed by atoms with Gasteiger partial charge in [-0.15, -0.1) is 11.3 Å². The molecule has 17 heavy (non-hydrogen) atoms. The highest BCUT2D eigenvalue weighted by molar-refractivity contribution is 7.21. The molecule has 0 aliphatic carbocycles. The van der Waals surface area contributed by atoms with Gasteiger partial charge in [0.2, 0.25) is 0 Å². The number of rotatable bonds is 1. The molecule has 1 heterocycles. The molecule has 3 aromatic rings. The fourth-order valence-electron chi connectivity index (χ4n) is 1.95. The summed E-state index contributed by atoms with van der Waals surface area (Å²) in [4.78, 5) is 4.70. The standard InChI is InChI=1S/C15H13NS/c1-10-7-8-11(2)12(9-10)15-16-13-5-3-4-6-14(13)17-15/h3-9H,1-2H3. The number of hydrogen-bond donors (Lipinski definition) is 0. The molecule has 2 heteroatoms. The van der Waals surface area contributed by atoms with Gasteiger partial charge >= 0.3 is 0 Å². The first-order valence-corrected chi connectivity index (χ1v) is 6.49. The summed E-state index contributed by atoms with van der Waals surface area (Å²) >= 11 is 1.76. The van der Waals surface area contributed by atoms with E-state index in [1.54, 1.807) is 11.3 Å². The topological polar surface area (TPSA) is 12.9 Å². The second-order valence-corrected chi connectivity index (χ2v) is 5.34. The van der Waals surface area contributed by atoms with Crippen LogP contribution >= 0.6 is 11.3 Å². The summed E-state index contributed by atoms with van der Waals surface area (Å²) in [5.74, 6) is 0. The molecule has 0 aliphatic rings. The van der Waals surface area contributed by atoms with Crippen molar-refractivity contribution in [2.24, 2.45) is 0 Å². The summed E-state index contributed by atoms with van der Waals surface area (Å²) in [5.41, 5.74) is 4.92. The Kier molecular flexibility index (Phi) is 2.45. The van der Waals surface area contributed by atoms with E-state index in [4.69, 9.17) is 4.98 Å². The predicted octanol–water partition coefficient (Wildman–Crippen LogP) is 4.58. The largest absolute Gasteiger partial charge is 0.236 e. The fourth-order valence-corrected chi connectivity index (χ4v) is 3.00. The van der Waals surface area contributed by atoms with Crippen molar-refractivity contribution in [3.8, 4) is 10.6 Å². The van der Waals surface area contributed by atoms with Crippen LogP contribution in [-0.2, 0) is 0 Å². The van der Waals surface area contributed by atoms with Crippen LogP contribution in [0, 0.1) is 13.8 Å². The maximum atomic E-state index is 4.70. The Morgan fingerprint density at radius 3 is 2.65 bits per heavy atom. The molecular formula is C15H13NS. The highest BCUT2D eigenvalue weighted by Gasteiger charge is 2.08. The van der Waals surface area contributed by atoms with Crippen molar-refractivity contribution >= 4 is 21.6 Å². The van der Waals surface area contributed by atoms with Crippen LogP contribution < -0.4 is 0 Å². The highest BCUT2D eigenvalue weighted by atomic mass is 32.1. The maximum Gasteiger partial charge on any atom is 0.124 e. The van der Waals surface area contributed by atoms with Gasteiger partial charge in [0.1, 0.15) is 5.01 Å². The van der Waals surface area contributed by atoms with Crippen molar-refractivity contribution in [2.75, 3.05) is 0 Å². The molecule has 0 saturated carbocycles. The molecule has 0 saturated heterocycles. The van der Waals surface area contributed by atoms with E-state index in [2.05, 4.69) is 50.2 Å². The van der Waals surface area contributed by atoms with E-state index >= 15 is 0 Å². The Hall–Kier alpha value is -1.67. The summed E-state index contributed by atoms with van der Waals surface area (Å²) in [7, 11) is 0. The molecule has 0 unspecified atom stereocenters. The molecular weight excluding hydrogens is 226 g/mol. The van der Waals surface area contributed by atoms with E-state index in [9.17, 15) is 0 Å². The Labute approximate surface area is 105 Å². The Balaban J connectivity index is 2.23. The molecule has 0 bridgehead atoms. The minimum absolute atomic E-state index is 1.09. The SMILES string of the molecule is Cc1ccc(C)c(-c2nc3ccccc3s2)c1. The number of nitrogens with zero attached hydrogens (tertiary/aromatic N) is 1. The molecule has 0 fully saturated rings. The Morgan fingerprint density at radius 2 is 1.82 bits per heavy atom. The third-order valence-corrected chi connectivity index (χ3v) is 3.99. The average Bonchev–Trinajstić information content (AvgIpc) is 2.75. The number of aromatic nitrogens is 1. The number of para-hydroxylation sites is 1. The summed E-state index contributed by atoms with van der Waals surface area (Å²) in [5, 5.41) is 1.12. The number of hydrogen-bond acceptors (Lipinski definition) is 2. The third kappa shape index (κ3) is 1.85. The molecule has 0 atom stereocenters. The van der Waals surface area contributed by atoms with Gasteiger partial charge in [0.05, 0.1) is 10.2 Å². The van der Waals surface area contributed by atoms with Crippen LogP contribution in [0.5, 0.6) is 0 Å². The maximum absolute atomic E-state index is 4.70. The zero-order valence-electron chi connectivity index (χ0n) is 9.90. The van der Waals surface area contributed by atoms with E-state index in [1.807, 2.05) is 6.07 Å². The lowest BCUT2D eigenvalue weighted by molar-refractivity contribution is 1.37. The van der Waals surface area contributed by atoms with Gasteiger partial charge in [-0.25, -0.2) is 4.98 Å². The third-order valence-electron chi connectivity index (χ3n) is 2.92. The fraction of sp³-hybridized carbons (Fsp3) is 0.133. The zero-order chi connectivity index (χ0) is 11.8. The van der Waals surface area contributed by atoms with Crippen molar-refractivity contribution in [3.05, 3.63) is 53.6 Å². The number of thiazole rings is 1. The quantitative estimate of drug-likeness (QED) is 0.605. The monoisotopic (exact) mass is 239 g/mol. The number of fused-ring (bicyclic) bond motifs is 1. The number of aryl methyl sites for hydroxylation is 2. The van der Waals surface area contributed by atoms with Gasteiger partial charge in [-0.05, 0) is 37.6 Å². The molecule has 0 aliphatic heterocycles. The highest BCUT2D eigenvalue weighted by Crippen LogP contribution is 2.32. The first kappa shape index (κ1) is 10.5. The molecule has 1 aromatic heterocycles. The number of benzene rings is 2. The van der Waals surface area contributed by atoms with Crippen molar-refractivity contribution in [3.63, 3.8) is 0 Å². The lowest BCUT2D eigenvalue weighted by atomic mass is 10.1. The summed E-state index contributed by atoms with van der Waals surface area (Å²) in [6.45, 7) is 4.26. The van der Waals surface area contributed by atoms with E-state index in [0.717, 1.165) is 10.5 Å². The molecule has 0 amide bonds. The summed E-state index contributed by atoms with van der Waals surface area (Å²) in [6, 6.07) is 14.8. The lowest BCUT2D eigenvalue weighted by Gasteiger charge is -2.02. The Bertz CT molecular complexity index is 649. The molecule has 1 nitrogen and oxygen atoms in total. The molecule has 0 spiro atoms. The molecule has 0 N–H and O–H groups in total.